The minimum Gasteiger partial charge on any atom is -0.493 e. The smallest absolute Gasteiger partial charge is 0.234 e. The molecule has 0 aliphatic heterocycles. The van der Waals surface area contributed by atoms with Gasteiger partial charge in [0.2, 0.25) is 6.08 Å². The average Bonchev–Trinajstić information content (AvgIpc) is 2.18. The lowest BCUT2D eigenvalue weighted by Crippen LogP contribution is -1.97. The van der Waals surface area contributed by atoms with Gasteiger partial charge in [-0.15, -0.1) is 0 Å². The first-order valence-electron chi connectivity index (χ1n) is 4.14. The van der Waals surface area contributed by atoms with Crippen LogP contribution in [0.3, 0.4) is 0 Å². The van der Waals surface area contributed by atoms with Crippen molar-refractivity contribution in [3.8, 4) is 5.75 Å². The molecule has 0 N–H and O–H groups in total. The van der Waals surface area contributed by atoms with E-state index in [9.17, 15) is 9.18 Å². The van der Waals surface area contributed by atoms with E-state index in [0.29, 0.717) is 18.5 Å². The molecule has 0 fully saturated rings. The highest BCUT2D eigenvalue weighted by Crippen LogP contribution is 2.22. The van der Waals surface area contributed by atoms with Gasteiger partial charge in [0.15, 0.2) is 11.6 Å². The van der Waals surface area contributed by atoms with Crippen LogP contribution in [0.5, 0.6) is 5.75 Å². The average molecular weight is 195 g/mol. The number of isocyanates is 1. The lowest BCUT2D eigenvalue weighted by Gasteiger charge is -2.07. The van der Waals surface area contributed by atoms with Crippen LogP contribution in [0, 0.1) is 5.82 Å². The van der Waals surface area contributed by atoms with Crippen LogP contribution >= 0.6 is 0 Å². The third-order valence-corrected chi connectivity index (χ3v) is 1.81. The molecule has 0 unspecified atom stereocenters. The molecule has 3 nitrogen and oxygen atoms in total. The maximum Gasteiger partial charge on any atom is 0.234 e. The second-order valence-corrected chi connectivity index (χ2v) is 2.66. The van der Waals surface area contributed by atoms with Gasteiger partial charge in [-0.05, 0) is 18.1 Å². The molecule has 0 heterocycles. The van der Waals surface area contributed by atoms with Crippen LogP contribution in [0.2, 0.25) is 0 Å². The second kappa shape index (κ2) is 5.14. The van der Waals surface area contributed by atoms with Gasteiger partial charge < -0.3 is 4.74 Å². The summed E-state index contributed by atoms with van der Waals surface area (Å²) in [7, 11) is 1.41. The van der Waals surface area contributed by atoms with E-state index in [-0.39, 0.29) is 5.75 Å². The molecular formula is C10H10FNO2. The molecule has 0 aliphatic carbocycles. The van der Waals surface area contributed by atoms with Crippen molar-refractivity contribution < 1.29 is 13.9 Å². The number of hydrogen-bond donors (Lipinski definition) is 0. The van der Waals surface area contributed by atoms with Gasteiger partial charge >= 0.3 is 0 Å². The number of benzene rings is 1. The summed E-state index contributed by atoms with van der Waals surface area (Å²) in [6.07, 6.45) is 1.90. The monoisotopic (exact) mass is 195 g/mol. The number of hydrogen-bond acceptors (Lipinski definition) is 3. The largest absolute Gasteiger partial charge is 0.493 e. The van der Waals surface area contributed by atoms with Crippen molar-refractivity contribution in [1.82, 2.24) is 0 Å². The molecule has 0 radical (unpaired) electrons. The Balaban J connectivity index is 2.84. The van der Waals surface area contributed by atoms with Gasteiger partial charge in [0.1, 0.15) is 0 Å². The molecule has 1 rings (SSSR count). The van der Waals surface area contributed by atoms with Gasteiger partial charge in [-0.25, -0.2) is 14.2 Å². The van der Waals surface area contributed by atoms with Crippen LogP contribution in [0.4, 0.5) is 4.39 Å². The first-order valence-corrected chi connectivity index (χ1v) is 4.14. The van der Waals surface area contributed by atoms with Crippen molar-refractivity contribution in [2.75, 3.05) is 13.7 Å². The Morgan fingerprint density at radius 2 is 2.36 bits per heavy atom. The Bertz CT molecular complexity index is 359. The highest BCUT2D eigenvalue weighted by Gasteiger charge is 2.07. The van der Waals surface area contributed by atoms with Gasteiger partial charge in [-0.3, -0.25) is 0 Å². The van der Waals surface area contributed by atoms with Crippen LogP contribution in [0.1, 0.15) is 5.56 Å². The van der Waals surface area contributed by atoms with E-state index >= 15 is 0 Å². The minimum absolute atomic E-state index is 0.216. The number of nitrogens with zero attached hydrogens (tertiary/aromatic N) is 1. The van der Waals surface area contributed by atoms with Crippen molar-refractivity contribution in [2.24, 2.45) is 4.99 Å². The van der Waals surface area contributed by atoms with Gasteiger partial charge in [-0.2, -0.15) is 0 Å². The van der Waals surface area contributed by atoms with Gasteiger partial charge in [0.25, 0.3) is 0 Å². The number of carbonyl (C=O) groups excluding carboxylic acids is 1. The maximum atomic E-state index is 13.1. The third-order valence-electron chi connectivity index (χ3n) is 1.81. The predicted molar refractivity (Wildman–Crippen MR) is 49.6 cm³/mol. The second-order valence-electron chi connectivity index (χ2n) is 2.66. The molecule has 74 valence electrons. The van der Waals surface area contributed by atoms with E-state index in [2.05, 4.69) is 4.99 Å². The van der Waals surface area contributed by atoms with Gasteiger partial charge in [-0.1, -0.05) is 12.1 Å². The highest BCUT2D eigenvalue weighted by atomic mass is 19.1. The number of para-hydroxylation sites is 1. The van der Waals surface area contributed by atoms with Crippen molar-refractivity contribution in [3.05, 3.63) is 29.6 Å². The maximum absolute atomic E-state index is 13.1. The number of rotatable bonds is 4. The van der Waals surface area contributed by atoms with E-state index in [1.165, 1.54) is 19.3 Å². The minimum atomic E-state index is -0.403. The van der Waals surface area contributed by atoms with E-state index in [0.717, 1.165) is 0 Å². The summed E-state index contributed by atoms with van der Waals surface area (Å²) in [5, 5.41) is 0. The zero-order valence-electron chi connectivity index (χ0n) is 7.79. The summed E-state index contributed by atoms with van der Waals surface area (Å²) >= 11 is 0. The molecule has 14 heavy (non-hydrogen) atoms. The zero-order chi connectivity index (χ0) is 10.4. The molecule has 0 bridgehead atoms. The Kier molecular flexibility index (Phi) is 3.83. The van der Waals surface area contributed by atoms with E-state index in [4.69, 9.17) is 4.74 Å². The van der Waals surface area contributed by atoms with Crippen molar-refractivity contribution in [1.29, 1.82) is 0 Å². The Labute approximate surface area is 81.2 Å². The summed E-state index contributed by atoms with van der Waals surface area (Å²) in [5.74, 6) is -0.186. The van der Waals surface area contributed by atoms with Gasteiger partial charge in [0, 0.05) is 0 Å². The van der Waals surface area contributed by atoms with Crippen molar-refractivity contribution >= 4 is 6.08 Å². The lowest BCUT2D eigenvalue weighted by molar-refractivity contribution is 0.381. The van der Waals surface area contributed by atoms with Crippen molar-refractivity contribution in [3.63, 3.8) is 0 Å². The van der Waals surface area contributed by atoms with E-state index < -0.39 is 5.82 Å². The molecular weight excluding hydrogens is 185 g/mol. The third kappa shape index (κ3) is 2.41. The van der Waals surface area contributed by atoms with Gasteiger partial charge in [0.05, 0.1) is 13.7 Å². The van der Waals surface area contributed by atoms with Crippen molar-refractivity contribution in [2.45, 2.75) is 6.42 Å². The first-order chi connectivity index (χ1) is 6.79. The van der Waals surface area contributed by atoms with Crippen LogP contribution in [-0.4, -0.2) is 19.7 Å². The first kappa shape index (κ1) is 10.4. The summed E-state index contributed by atoms with van der Waals surface area (Å²) in [6.45, 7) is 0.295. The van der Waals surface area contributed by atoms with E-state index in [1.54, 1.807) is 12.1 Å². The highest BCUT2D eigenvalue weighted by molar-refractivity contribution is 5.36. The molecule has 0 amide bonds. The van der Waals surface area contributed by atoms with Crippen LogP contribution in [0.25, 0.3) is 0 Å². The molecule has 0 saturated carbocycles. The molecule has 0 aromatic heterocycles. The van der Waals surface area contributed by atoms with Crippen LogP contribution < -0.4 is 4.74 Å². The van der Waals surface area contributed by atoms with Crippen LogP contribution in [0.15, 0.2) is 23.2 Å². The fourth-order valence-corrected chi connectivity index (χ4v) is 1.20. The predicted octanol–water partition coefficient (Wildman–Crippen LogP) is 1.71. The number of methoxy groups -OCH3 is 1. The summed E-state index contributed by atoms with van der Waals surface area (Å²) in [4.78, 5) is 13.2. The lowest BCUT2D eigenvalue weighted by atomic mass is 10.1. The number of ether oxygens (including phenoxy) is 1. The fraction of sp³-hybridized carbons (Fsp3) is 0.300. The molecule has 0 atom stereocenters. The molecule has 4 heteroatoms. The number of halogens is 1. The summed E-state index contributed by atoms with van der Waals surface area (Å²) in [5.41, 5.74) is 0.700. The fourth-order valence-electron chi connectivity index (χ4n) is 1.20. The zero-order valence-corrected chi connectivity index (χ0v) is 7.79. The molecule has 0 spiro atoms. The molecule has 0 aliphatic rings. The summed E-state index contributed by atoms with van der Waals surface area (Å²) < 4.78 is 18.0. The van der Waals surface area contributed by atoms with Crippen LogP contribution in [-0.2, 0) is 11.2 Å². The Hall–Kier alpha value is -1.67. The summed E-state index contributed by atoms with van der Waals surface area (Å²) in [6, 6.07) is 4.66. The standard InChI is InChI=1S/C10H10FNO2/c1-14-10-8(5-6-12-7-13)3-2-4-9(10)11/h2-4H,5-6H2,1H3. The topological polar surface area (TPSA) is 38.7 Å². The molecule has 0 saturated heterocycles. The molecule has 1 aromatic rings. The quantitative estimate of drug-likeness (QED) is 0.542. The Morgan fingerprint density at radius 1 is 1.57 bits per heavy atom. The number of aliphatic imine (C=N–C) groups is 1. The normalized spacial score (nSPS) is 9.29. The Morgan fingerprint density at radius 3 is 3.00 bits per heavy atom. The molecule has 1 aromatic carbocycles. The van der Waals surface area contributed by atoms with E-state index in [1.807, 2.05) is 0 Å². The SMILES string of the molecule is COc1c(F)cccc1CCN=C=O.